The van der Waals surface area contributed by atoms with Gasteiger partial charge in [-0.2, -0.15) is 0 Å². The third-order valence-corrected chi connectivity index (χ3v) is 2.42. The highest BCUT2D eigenvalue weighted by atomic mass is 15.3. The van der Waals surface area contributed by atoms with Crippen molar-refractivity contribution < 1.29 is 0 Å². The number of hydrogen-bond donors (Lipinski definition) is 0. The number of rotatable bonds is 0. The van der Waals surface area contributed by atoms with E-state index >= 15 is 0 Å². The fraction of sp³-hybridized carbons (Fsp3) is 0.750. The summed E-state index contributed by atoms with van der Waals surface area (Å²) in [4.78, 5) is 0. The summed E-state index contributed by atoms with van der Waals surface area (Å²) in [5.41, 5.74) is 0. The predicted molar refractivity (Wildman–Crippen MR) is 42.4 cm³/mol. The van der Waals surface area contributed by atoms with E-state index in [1.165, 1.54) is 18.7 Å². The van der Waals surface area contributed by atoms with Crippen LogP contribution in [0.25, 0.3) is 0 Å². The Hall–Kier alpha value is -0.860. The third kappa shape index (κ3) is 0.951. The van der Waals surface area contributed by atoms with Crippen LogP contribution in [0.3, 0.4) is 0 Å². The molecule has 60 valence electrons. The molecule has 0 aromatic carbocycles. The van der Waals surface area contributed by atoms with Crippen molar-refractivity contribution in [3.8, 4) is 0 Å². The Morgan fingerprint density at radius 2 is 2.27 bits per heavy atom. The summed E-state index contributed by atoms with van der Waals surface area (Å²) in [6.07, 6.45) is 2.53. The van der Waals surface area contributed by atoms with Gasteiger partial charge in [-0.1, -0.05) is 6.92 Å². The van der Waals surface area contributed by atoms with Crippen molar-refractivity contribution in [3.63, 3.8) is 0 Å². The molecule has 0 N–H and O–H groups in total. The molecule has 3 nitrogen and oxygen atoms in total. The summed E-state index contributed by atoms with van der Waals surface area (Å²) in [7, 11) is 0. The monoisotopic (exact) mass is 151 g/mol. The Balaban J connectivity index is 2.46. The molecule has 1 aromatic heterocycles. The summed E-state index contributed by atoms with van der Waals surface area (Å²) in [6, 6.07) is 0. The van der Waals surface area contributed by atoms with Crippen LogP contribution in [0, 0.1) is 6.92 Å². The van der Waals surface area contributed by atoms with Crippen LogP contribution in [0.1, 0.15) is 37.3 Å². The molecular weight excluding hydrogens is 138 g/mol. The summed E-state index contributed by atoms with van der Waals surface area (Å²) >= 11 is 0. The zero-order valence-corrected chi connectivity index (χ0v) is 7.04. The van der Waals surface area contributed by atoms with Crippen LogP contribution in [0.4, 0.5) is 0 Å². The van der Waals surface area contributed by atoms with Gasteiger partial charge in [0.05, 0.1) is 0 Å². The molecule has 2 rings (SSSR count). The van der Waals surface area contributed by atoms with E-state index in [2.05, 4.69) is 21.7 Å². The first kappa shape index (κ1) is 6.83. The van der Waals surface area contributed by atoms with Crippen molar-refractivity contribution in [2.75, 3.05) is 0 Å². The van der Waals surface area contributed by atoms with E-state index in [4.69, 9.17) is 0 Å². The second-order valence-corrected chi connectivity index (χ2v) is 3.30. The van der Waals surface area contributed by atoms with Gasteiger partial charge in [-0.15, -0.1) is 10.2 Å². The van der Waals surface area contributed by atoms with Gasteiger partial charge in [-0.05, 0) is 19.8 Å². The summed E-state index contributed by atoms with van der Waals surface area (Å²) in [6.45, 7) is 5.35. The minimum atomic E-state index is 0.602. The molecule has 0 fully saturated rings. The summed E-state index contributed by atoms with van der Waals surface area (Å²) in [5, 5.41) is 8.21. The van der Waals surface area contributed by atoms with Gasteiger partial charge in [-0.25, -0.2) is 0 Å². The van der Waals surface area contributed by atoms with Crippen LogP contribution in [-0.2, 0) is 6.54 Å². The minimum absolute atomic E-state index is 0.602. The smallest absolute Gasteiger partial charge is 0.135 e. The molecule has 0 amide bonds. The topological polar surface area (TPSA) is 30.7 Å². The molecule has 1 atom stereocenters. The van der Waals surface area contributed by atoms with Gasteiger partial charge in [0.25, 0.3) is 0 Å². The van der Waals surface area contributed by atoms with E-state index in [-0.39, 0.29) is 0 Å². The Morgan fingerprint density at radius 1 is 1.45 bits per heavy atom. The third-order valence-electron chi connectivity index (χ3n) is 2.42. The van der Waals surface area contributed by atoms with Crippen molar-refractivity contribution in [2.45, 2.75) is 39.2 Å². The lowest BCUT2D eigenvalue weighted by molar-refractivity contribution is 0.458. The quantitative estimate of drug-likeness (QED) is 0.562. The van der Waals surface area contributed by atoms with E-state index in [0.29, 0.717) is 5.92 Å². The minimum Gasteiger partial charge on any atom is -0.315 e. The number of hydrogen-bond acceptors (Lipinski definition) is 2. The van der Waals surface area contributed by atoms with E-state index in [0.717, 1.165) is 12.4 Å². The van der Waals surface area contributed by atoms with Gasteiger partial charge < -0.3 is 4.57 Å². The first-order valence-electron chi connectivity index (χ1n) is 4.18. The average Bonchev–Trinajstić information content (AvgIpc) is 2.35. The first-order valence-corrected chi connectivity index (χ1v) is 4.18. The van der Waals surface area contributed by atoms with Crippen molar-refractivity contribution in [1.29, 1.82) is 0 Å². The van der Waals surface area contributed by atoms with Crippen molar-refractivity contribution in [1.82, 2.24) is 14.8 Å². The molecule has 0 spiro atoms. The SMILES string of the molecule is Cc1nnc2n1CCC[C@H]2C. The Kier molecular flexibility index (Phi) is 1.44. The first-order chi connectivity index (χ1) is 5.29. The van der Waals surface area contributed by atoms with Crippen LogP contribution < -0.4 is 0 Å². The molecule has 1 aromatic rings. The molecule has 0 saturated carbocycles. The fourth-order valence-corrected chi connectivity index (χ4v) is 1.72. The van der Waals surface area contributed by atoms with E-state index < -0.39 is 0 Å². The maximum Gasteiger partial charge on any atom is 0.135 e. The Bertz CT molecular complexity index is 264. The van der Waals surface area contributed by atoms with Gasteiger partial charge in [0, 0.05) is 12.5 Å². The maximum absolute atomic E-state index is 4.15. The molecule has 11 heavy (non-hydrogen) atoms. The fourth-order valence-electron chi connectivity index (χ4n) is 1.72. The largest absolute Gasteiger partial charge is 0.315 e. The van der Waals surface area contributed by atoms with Gasteiger partial charge >= 0.3 is 0 Å². The van der Waals surface area contributed by atoms with Crippen LogP contribution >= 0.6 is 0 Å². The van der Waals surface area contributed by atoms with Gasteiger partial charge in [0.1, 0.15) is 11.6 Å². The Labute approximate surface area is 66.4 Å². The van der Waals surface area contributed by atoms with Crippen LogP contribution in [0.5, 0.6) is 0 Å². The average molecular weight is 151 g/mol. The maximum atomic E-state index is 4.15. The highest BCUT2D eigenvalue weighted by Crippen LogP contribution is 2.24. The summed E-state index contributed by atoms with van der Waals surface area (Å²) in [5.74, 6) is 2.84. The van der Waals surface area contributed by atoms with E-state index in [9.17, 15) is 0 Å². The van der Waals surface area contributed by atoms with Gasteiger partial charge in [0.15, 0.2) is 0 Å². The molecular formula is C8H13N3. The number of aryl methyl sites for hydroxylation is 1. The van der Waals surface area contributed by atoms with Crippen LogP contribution in [0.2, 0.25) is 0 Å². The number of aromatic nitrogens is 3. The van der Waals surface area contributed by atoms with Crippen molar-refractivity contribution in [2.24, 2.45) is 0 Å². The van der Waals surface area contributed by atoms with E-state index in [1.807, 2.05) is 6.92 Å². The zero-order chi connectivity index (χ0) is 7.84. The molecule has 1 aliphatic rings. The summed E-state index contributed by atoms with van der Waals surface area (Å²) < 4.78 is 2.23. The molecule has 0 unspecified atom stereocenters. The number of nitrogens with zero attached hydrogens (tertiary/aromatic N) is 3. The zero-order valence-electron chi connectivity index (χ0n) is 7.04. The molecule has 2 heterocycles. The molecule has 3 heteroatoms. The van der Waals surface area contributed by atoms with Gasteiger partial charge in [0.2, 0.25) is 0 Å². The molecule has 0 radical (unpaired) electrons. The normalized spacial score (nSPS) is 23.3. The predicted octanol–water partition coefficient (Wildman–Crippen LogP) is 1.48. The van der Waals surface area contributed by atoms with E-state index in [1.54, 1.807) is 0 Å². The molecule has 0 saturated heterocycles. The van der Waals surface area contributed by atoms with Gasteiger partial charge in [-0.3, -0.25) is 0 Å². The van der Waals surface area contributed by atoms with Crippen molar-refractivity contribution in [3.05, 3.63) is 11.6 Å². The Morgan fingerprint density at radius 3 is 3.00 bits per heavy atom. The highest BCUT2D eigenvalue weighted by Gasteiger charge is 2.19. The number of fused-ring (bicyclic) bond motifs is 1. The standard InChI is InChI=1S/C8H13N3/c1-6-4-3-5-11-7(2)9-10-8(6)11/h6H,3-5H2,1-2H3/t6-/m1/s1. The lowest BCUT2D eigenvalue weighted by atomic mass is 10.0. The molecule has 0 bridgehead atoms. The lowest BCUT2D eigenvalue weighted by Gasteiger charge is -2.19. The lowest BCUT2D eigenvalue weighted by Crippen LogP contribution is -2.14. The van der Waals surface area contributed by atoms with Crippen LogP contribution in [-0.4, -0.2) is 14.8 Å². The van der Waals surface area contributed by atoms with Crippen LogP contribution in [0.15, 0.2) is 0 Å². The second kappa shape index (κ2) is 2.32. The molecule has 1 aliphatic heterocycles. The molecule has 0 aliphatic carbocycles. The van der Waals surface area contributed by atoms with Crippen molar-refractivity contribution >= 4 is 0 Å². The second-order valence-electron chi connectivity index (χ2n) is 3.30. The highest BCUT2D eigenvalue weighted by molar-refractivity contribution is 5.02.